The normalized spacial score (nSPS) is 14.7. The third kappa shape index (κ3) is 3.41. The number of aromatic nitrogens is 3. The molecule has 0 spiro atoms. The molecule has 0 unspecified atom stereocenters. The Morgan fingerprint density at radius 3 is 2.71 bits per heavy atom. The minimum absolute atomic E-state index is 0.103. The standard InChI is InChI=1S/C16H18ClN5O2/c1-2-18-15(23)10-3-7-12(8-4-10)22-13(9-17)14(20-21-22)16(24)19-11-5-6-11/h3-4,7-8,11H,2,5-6,9H2,1H3,(H,18,23)(H,19,24)/p-1. The van der Waals surface area contributed by atoms with Crippen LogP contribution in [0.2, 0.25) is 0 Å². The smallest absolute Gasteiger partial charge is 0.274 e. The van der Waals surface area contributed by atoms with Crippen LogP contribution < -0.4 is 10.4 Å². The fourth-order valence-electron chi connectivity index (χ4n) is 2.27. The number of aliphatic imine (C=N–C) groups is 1. The van der Waals surface area contributed by atoms with Crippen LogP contribution in [-0.4, -0.2) is 39.4 Å². The van der Waals surface area contributed by atoms with Gasteiger partial charge in [0, 0.05) is 12.6 Å². The Morgan fingerprint density at radius 1 is 1.42 bits per heavy atom. The lowest BCUT2D eigenvalue weighted by Crippen LogP contribution is -2.26. The number of nitrogens with zero attached hydrogens (tertiary/aromatic N) is 4. The van der Waals surface area contributed by atoms with Crippen LogP contribution in [0, 0.1) is 0 Å². The van der Waals surface area contributed by atoms with Gasteiger partial charge in [0.2, 0.25) is 0 Å². The van der Waals surface area contributed by atoms with E-state index in [4.69, 9.17) is 11.6 Å². The maximum atomic E-state index is 12.2. The van der Waals surface area contributed by atoms with Crippen molar-refractivity contribution in [2.24, 2.45) is 4.99 Å². The summed E-state index contributed by atoms with van der Waals surface area (Å²) in [4.78, 5) is 16.0. The first-order valence-corrected chi connectivity index (χ1v) is 8.31. The lowest BCUT2D eigenvalue weighted by atomic mass is 10.2. The summed E-state index contributed by atoms with van der Waals surface area (Å²) in [5.74, 6) is -0.413. The zero-order valence-corrected chi connectivity index (χ0v) is 14.0. The second-order valence-electron chi connectivity index (χ2n) is 5.50. The molecule has 0 saturated heterocycles. The highest BCUT2D eigenvalue weighted by Gasteiger charge is 2.27. The van der Waals surface area contributed by atoms with Crippen molar-refractivity contribution in [2.45, 2.75) is 31.7 Å². The average molecular weight is 347 g/mol. The van der Waals surface area contributed by atoms with Crippen molar-refractivity contribution in [3.05, 3.63) is 41.2 Å². The quantitative estimate of drug-likeness (QED) is 0.480. The Labute approximate surface area is 144 Å². The number of benzene rings is 1. The van der Waals surface area contributed by atoms with Crippen molar-refractivity contribution in [1.82, 2.24) is 20.3 Å². The molecule has 2 aromatic rings. The molecular formula is C16H17ClN5O2-. The molecule has 0 atom stereocenters. The summed E-state index contributed by atoms with van der Waals surface area (Å²) in [5, 5.41) is 22.6. The van der Waals surface area contributed by atoms with Gasteiger partial charge in [0.15, 0.2) is 5.69 Å². The second-order valence-corrected chi connectivity index (χ2v) is 5.77. The molecule has 3 rings (SSSR count). The summed E-state index contributed by atoms with van der Waals surface area (Å²) in [6, 6.07) is 7.02. The van der Waals surface area contributed by atoms with Gasteiger partial charge in [0.05, 0.1) is 17.3 Å². The molecule has 1 N–H and O–H groups in total. The van der Waals surface area contributed by atoms with Crippen LogP contribution in [-0.2, 0) is 5.88 Å². The summed E-state index contributed by atoms with van der Waals surface area (Å²) in [6.07, 6.45) is 1.99. The van der Waals surface area contributed by atoms with Gasteiger partial charge in [-0.3, -0.25) is 4.79 Å². The molecule has 0 bridgehead atoms. The number of halogens is 1. The van der Waals surface area contributed by atoms with Crippen molar-refractivity contribution in [3.63, 3.8) is 0 Å². The summed E-state index contributed by atoms with van der Waals surface area (Å²) in [7, 11) is 0. The molecule has 7 nitrogen and oxygen atoms in total. The van der Waals surface area contributed by atoms with Crippen molar-refractivity contribution in [2.75, 3.05) is 6.54 Å². The summed E-state index contributed by atoms with van der Waals surface area (Å²) >= 11 is 6.00. The van der Waals surface area contributed by atoms with Crippen LogP contribution in [0.25, 0.3) is 5.69 Å². The van der Waals surface area contributed by atoms with Crippen molar-refractivity contribution in [1.29, 1.82) is 0 Å². The van der Waals surface area contributed by atoms with Crippen LogP contribution in [0.5, 0.6) is 0 Å². The summed E-state index contributed by atoms with van der Waals surface area (Å²) < 4.78 is 1.51. The van der Waals surface area contributed by atoms with E-state index in [9.17, 15) is 9.90 Å². The molecule has 1 fully saturated rings. The lowest BCUT2D eigenvalue weighted by molar-refractivity contribution is -0.213. The third-order valence-electron chi connectivity index (χ3n) is 3.68. The van der Waals surface area contributed by atoms with Gasteiger partial charge >= 0.3 is 0 Å². The van der Waals surface area contributed by atoms with E-state index in [0.717, 1.165) is 12.8 Å². The molecule has 1 aliphatic rings. The van der Waals surface area contributed by atoms with Crippen molar-refractivity contribution >= 4 is 23.4 Å². The molecule has 24 heavy (non-hydrogen) atoms. The first-order valence-electron chi connectivity index (χ1n) is 7.77. The molecule has 126 valence electrons. The van der Waals surface area contributed by atoms with Crippen LogP contribution >= 0.6 is 11.6 Å². The van der Waals surface area contributed by atoms with E-state index in [1.54, 1.807) is 24.3 Å². The van der Waals surface area contributed by atoms with Gasteiger partial charge in [-0.15, -0.1) is 16.7 Å². The van der Waals surface area contributed by atoms with E-state index in [0.29, 0.717) is 23.5 Å². The van der Waals surface area contributed by atoms with E-state index >= 15 is 0 Å². The number of carbonyl (C=O) groups is 1. The van der Waals surface area contributed by atoms with Crippen LogP contribution in [0.15, 0.2) is 29.3 Å². The van der Waals surface area contributed by atoms with E-state index in [1.807, 2.05) is 6.92 Å². The summed E-state index contributed by atoms with van der Waals surface area (Å²) in [5.41, 5.74) is 1.93. The third-order valence-corrected chi connectivity index (χ3v) is 3.93. The van der Waals surface area contributed by atoms with Gasteiger partial charge in [-0.05, 0) is 43.4 Å². The van der Waals surface area contributed by atoms with Crippen LogP contribution in [0.1, 0.15) is 41.5 Å². The van der Waals surface area contributed by atoms with E-state index in [2.05, 4.69) is 20.6 Å². The number of amides is 1. The molecule has 0 aliphatic heterocycles. The molecular weight excluding hydrogens is 330 g/mol. The van der Waals surface area contributed by atoms with Gasteiger partial charge in [0.1, 0.15) is 0 Å². The van der Waals surface area contributed by atoms with Gasteiger partial charge < -0.3 is 15.4 Å². The molecule has 1 heterocycles. The van der Waals surface area contributed by atoms with E-state index in [-0.39, 0.29) is 29.4 Å². The monoisotopic (exact) mass is 346 g/mol. The number of alkyl halides is 1. The molecule has 1 amide bonds. The topological polar surface area (TPSA) is 95.2 Å². The summed E-state index contributed by atoms with van der Waals surface area (Å²) in [6.45, 7) is 2.25. The molecule has 1 saturated carbocycles. The maximum absolute atomic E-state index is 12.2. The fourth-order valence-corrected chi connectivity index (χ4v) is 2.51. The molecule has 1 aromatic carbocycles. The first kappa shape index (κ1) is 16.4. The number of hydrogen-bond acceptors (Lipinski definition) is 5. The Bertz CT molecular complexity index is 765. The van der Waals surface area contributed by atoms with Crippen molar-refractivity contribution in [3.8, 4) is 5.69 Å². The molecule has 1 aromatic heterocycles. The SMILES string of the molecule is CCN=C([O-])c1ccc(-n2nnc(C(=O)NC3CC3)c2CCl)cc1. The largest absolute Gasteiger partial charge is 0.858 e. The Kier molecular flexibility index (Phi) is 4.80. The van der Waals surface area contributed by atoms with Gasteiger partial charge in [-0.2, -0.15) is 0 Å². The highest BCUT2D eigenvalue weighted by atomic mass is 35.5. The lowest BCUT2D eigenvalue weighted by Gasteiger charge is -2.11. The fraction of sp³-hybridized carbons (Fsp3) is 0.375. The highest BCUT2D eigenvalue weighted by Crippen LogP contribution is 2.21. The van der Waals surface area contributed by atoms with Crippen LogP contribution in [0.3, 0.4) is 0 Å². The van der Waals surface area contributed by atoms with Gasteiger partial charge in [-0.25, -0.2) is 4.68 Å². The predicted molar refractivity (Wildman–Crippen MR) is 88.5 cm³/mol. The molecule has 8 heteroatoms. The van der Waals surface area contributed by atoms with Gasteiger partial charge in [-0.1, -0.05) is 17.3 Å². The molecule has 1 aliphatic carbocycles. The first-order chi connectivity index (χ1) is 11.6. The average Bonchev–Trinajstić information content (AvgIpc) is 3.29. The minimum atomic E-state index is -0.260. The number of rotatable bonds is 6. The number of hydrogen-bond donors (Lipinski definition) is 1. The van der Waals surface area contributed by atoms with E-state index in [1.165, 1.54) is 4.68 Å². The van der Waals surface area contributed by atoms with E-state index < -0.39 is 0 Å². The maximum Gasteiger partial charge on any atom is 0.274 e. The Morgan fingerprint density at radius 2 is 2.12 bits per heavy atom. The molecule has 0 radical (unpaired) electrons. The Hall–Kier alpha value is -2.41. The predicted octanol–water partition coefficient (Wildman–Crippen LogP) is 1.03. The number of carbonyl (C=O) groups excluding carboxylic acids is 1. The van der Waals surface area contributed by atoms with Crippen LogP contribution in [0.4, 0.5) is 0 Å². The minimum Gasteiger partial charge on any atom is -0.858 e. The van der Waals surface area contributed by atoms with Gasteiger partial charge in [0.25, 0.3) is 5.91 Å². The highest BCUT2D eigenvalue weighted by molar-refractivity contribution is 6.17. The zero-order valence-electron chi connectivity index (χ0n) is 13.2. The Balaban J connectivity index is 1.87. The second kappa shape index (κ2) is 7.00. The zero-order chi connectivity index (χ0) is 17.1. The van der Waals surface area contributed by atoms with Crippen molar-refractivity contribution < 1.29 is 9.90 Å². The number of nitrogens with one attached hydrogen (secondary N) is 1.